The molecule has 0 aliphatic heterocycles. The zero-order valence-corrected chi connectivity index (χ0v) is 26.0. The second kappa shape index (κ2) is 13.7. The number of methoxy groups -OCH3 is 3. The summed E-state index contributed by atoms with van der Waals surface area (Å²) in [5.74, 6) is 0.998. The molecular formula is C33H42N4O6. The summed E-state index contributed by atoms with van der Waals surface area (Å²) in [6.45, 7) is 5.83. The molecule has 43 heavy (non-hydrogen) atoms. The predicted molar refractivity (Wildman–Crippen MR) is 167 cm³/mol. The van der Waals surface area contributed by atoms with Gasteiger partial charge in [-0.3, -0.25) is 14.4 Å². The topological polar surface area (TPSA) is 120 Å². The Balaban J connectivity index is 1.82. The number of hydrogen-bond acceptors (Lipinski definition) is 7. The molecule has 1 aliphatic carbocycles. The number of benzene rings is 1. The van der Waals surface area contributed by atoms with Gasteiger partial charge < -0.3 is 34.7 Å². The third kappa shape index (κ3) is 6.63. The number of aryl methyl sites for hydroxylation is 2. The number of carbonyl (C=O) groups excluding carboxylic acids is 2. The summed E-state index contributed by atoms with van der Waals surface area (Å²) < 4.78 is 19.1. The molecule has 0 radical (unpaired) electrons. The molecule has 3 aromatic rings. The highest BCUT2D eigenvalue weighted by atomic mass is 16.5. The Morgan fingerprint density at radius 1 is 1.07 bits per heavy atom. The van der Waals surface area contributed by atoms with Crippen molar-refractivity contribution >= 4 is 17.5 Å². The van der Waals surface area contributed by atoms with Crippen molar-refractivity contribution in [2.45, 2.75) is 58.7 Å². The summed E-state index contributed by atoms with van der Waals surface area (Å²) in [4.78, 5) is 39.5. The van der Waals surface area contributed by atoms with Crippen LogP contribution in [0.5, 0.6) is 17.2 Å². The molecule has 3 atom stereocenters. The minimum atomic E-state index is -0.641. The predicted octanol–water partition coefficient (Wildman–Crippen LogP) is 4.34. The largest absolute Gasteiger partial charge is 0.493 e. The Kier molecular flexibility index (Phi) is 10.0. The van der Waals surface area contributed by atoms with Crippen molar-refractivity contribution in [2.75, 3.05) is 26.6 Å². The van der Waals surface area contributed by atoms with Crippen LogP contribution < -0.4 is 35.6 Å². The Bertz CT molecular complexity index is 1550. The third-order valence-corrected chi connectivity index (χ3v) is 8.22. The monoisotopic (exact) mass is 590 g/mol. The SMILES string of the molecule is CC[C@H](C)[C@@H](Nc1ccc2c(cc1=O)[C@H](NC(C)=O)CCc1cc(OC)c(OC)c(OC)c1-2)C(=O)NCc1cccn1C. The van der Waals surface area contributed by atoms with Gasteiger partial charge in [0.1, 0.15) is 6.04 Å². The molecule has 2 amide bonds. The van der Waals surface area contributed by atoms with Gasteiger partial charge in [0.15, 0.2) is 11.5 Å². The van der Waals surface area contributed by atoms with E-state index in [9.17, 15) is 14.4 Å². The maximum Gasteiger partial charge on any atom is 0.243 e. The highest BCUT2D eigenvalue weighted by molar-refractivity contribution is 5.86. The Hall–Kier alpha value is -4.47. The average Bonchev–Trinajstić information content (AvgIpc) is 3.27. The van der Waals surface area contributed by atoms with E-state index in [1.54, 1.807) is 33.5 Å². The lowest BCUT2D eigenvalue weighted by molar-refractivity contribution is -0.123. The smallest absolute Gasteiger partial charge is 0.243 e. The van der Waals surface area contributed by atoms with Crippen molar-refractivity contribution < 1.29 is 23.8 Å². The van der Waals surface area contributed by atoms with Crippen molar-refractivity contribution in [2.24, 2.45) is 13.0 Å². The number of nitrogens with zero attached hydrogens (tertiary/aromatic N) is 1. The van der Waals surface area contributed by atoms with Crippen LogP contribution >= 0.6 is 0 Å². The summed E-state index contributed by atoms with van der Waals surface area (Å²) in [7, 11) is 6.61. The molecule has 1 aromatic heterocycles. The van der Waals surface area contributed by atoms with Gasteiger partial charge in [-0.15, -0.1) is 0 Å². The van der Waals surface area contributed by atoms with Crippen molar-refractivity contribution in [1.82, 2.24) is 15.2 Å². The van der Waals surface area contributed by atoms with Crippen LogP contribution in [0.1, 0.15) is 56.5 Å². The van der Waals surface area contributed by atoms with Crippen LogP contribution in [0.4, 0.5) is 5.69 Å². The third-order valence-electron chi connectivity index (χ3n) is 8.22. The molecule has 0 saturated heterocycles. The lowest BCUT2D eigenvalue weighted by atomic mass is 9.95. The molecule has 10 heteroatoms. The zero-order chi connectivity index (χ0) is 31.3. The van der Waals surface area contributed by atoms with Crippen LogP contribution in [0.25, 0.3) is 11.1 Å². The van der Waals surface area contributed by atoms with E-state index in [0.717, 1.165) is 28.8 Å². The van der Waals surface area contributed by atoms with Gasteiger partial charge in [-0.25, -0.2) is 0 Å². The lowest BCUT2D eigenvalue weighted by Crippen LogP contribution is -2.44. The maximum atomic E-state index is 13.8. The number of anilines is 1. The van der Waals surface area contributed by atoms with Crippen LogP contribution in [0, 0.1) is 5.92 Å². The molecule has 0 unspecified atom stereocenters. The second-order valence-corrected chi connectivity index (χ2v) is 10.9. The van der Waals surface area contributed by atoms with Crippen molar-refractivity contribution in [3.63, 3.8) is 0 Å². The number of carbonyl (C=O) groups is 2. The lowest BCUT2D eigenvalue weighted by Gasteiger charge is -2.24. The number of nitrogens with one attached hydrogen (secondary N) is 3. The fourth-order valence-electron chi connectivity index (χ4n) is 5.66. The van der Waals surface area contributed by atoms with E-state index < -0.39 is 12.1 Å². The molecule has 10 nitrogen and oxygen atoms in total. The maximum absolute atomic E-state index is 13.8. The standard InChI is InChI=1S/C33H42N4O6/c1-8-19(2)30(33(40)34-18-22-10-9-15-37(22)4)36-26-14-12-23-24(17-27(26)39)25(35-20(3)38)13-11-21-16-28(41-5)31(42-6)32(43-7)29(21)23/h9-10,12,14-17,19,25,30H,8,11,13,18H2,1-7H3,(H,34,40)(H,35,38)(H,36,39)/t19-,25+,30+/m0/s1. The second-order valence-electron chi connectivity index (χ2n) is 10.9. The van der Waals surface area contributed by atoms with Crippen LogP contribution in [0.2, 0.25) is 0 Å². The minimum Gasteiger partial charge on any atom is -0.493 e. The van der Waals surface area contributed by atoms with Gasteiger partial charge in [0.25, 0.3) is 0 Å². The molecule has 0 spiro atoms. The van der Waals surface area contributed by atoms with E-state index in [0.29, 0.717) is 42.2 Å². The number of rotatable bonds is 11. The van der Waals surface area contributed by atoms with E-state index in [1.807, 2.05) is 55.9 Å². The van der Waals surface area contributed by atoms with E-state index in [-0.39, 0.29) is 28.8 Å². The number of aromatic nitrogens is 1. The molecule has 2 aromatic carbocycles. The van der Waals surface area contributed by atoms with E-state index in [2.05, 4.69) is 16.0 Å². The van der Waals surface area contributed by atoms with Gasteiger partial charge in [0.2, 0.25) is 23.0 Å². The molecule has 1 aliphatic rings. The Morgan fingerprint density at radius 3 is 2.42 bits per heavy atom. The van der Waals surface area contributed by atoms with Gasteiger partial charge in [-0.2, -0.15) is 0 Å². The van der Waals surface area contributed by atoms with Crippen LogP contribution in [-0.2, 0) is 29.6 Å². The molecule has 3 N–H and O–H groups in total. The van der Waals surface area contributed by atoms with Crippen molar-refractivity contribution in [3.8, 4) is 28.4 Å². The number of hydrogen-bond donors (Lipinski definition) is 3. The highest BCUT2D eigenvalue weighted by Gasteiger charge is 2.30. The van der Waals surface area contributed by atoms with Crippen molar-refractivity contribution in [3.05, 3.63) is 69.6 Å². The van der Waals surface area contributed by atoms with Gasteiger partial charge in [-0.1, -0.05) is 26.3 Å². The van der Waals surface area contributed by atoms with Crippen molar-refractivity contribution in [1.29, 1.82) is 0 Å². The van der Waals surface area contributed by atoms with Crippen LogP contribution in [-0.4, -0.2) is 43.8 Å². The highest BCUT2D eigenvalue weighted by Crippen LogP contribution is 2.50. The van der Waals surface area contributed by atoms with Gasteiger partial charge in [-0.05, 0) is 65.8 Å². The Morgan fingerprint density at radius 2 is 1.81 bits per heavy atom. The average molecular weight is 591 g/mol. The summed E-state index contributed by atoms with van der Waals surface area (Å²) in [6.07, 6.45) is 3.82. The zero-order valence-electron chi connectivity index (χ0n) is 26.0. The van der Waals surface area contributed by atoms with Gasteiger partial charge >= 0.3 is 0 Å². The first kappa shape index (κ1) is 31.5. The first-order chi connectivity index (χ1) is 20.6. The molecule has 230 valence electrons. The van der Waals surface area contributed by atoms with E-state index >= 15 is 0 Å². The molecular weight excluding hydrogens is 548 g/mol. The molecule has 4 rings (SSSR count). The fraction of sp³-hybridized carbons (Fsp3) is 0.424. The van der Waals surface area contributed by atoms with Crippen LogP contribution in [0.15, 0.2) is 47.4 Å². The molecule has 0 bridgehead atoms. The normalized spacial score (nSPS) is 15.2. The first-order valence-electron chi connectivity index (χ1n) is 14.5. The molecule has 0 saturated carbocycles. The van der Waals surface area contributed by atoms with Gasteiger partial charge in [0, 0.05) is 31.4 Å². The first-order valence-corrected chi connectivity index (χ1v) is 14.5. The van der Waals surface area contributed by atoms with Crippen LogP contribution in [0.3, 0.4) is 0 Å². The van der Waals surface area contributed by atoms with E-state index in [4.69, 9.17) is 14.2 Å². The number of ether oxygens (including phenoxy) is 3. The summed E-state index contributed by atoms with van der Waals surface area (Å²) in [6, 6.07) is 9.84. The summed E-state index contributed by atoms with van der Waals surface area (Å²) in [5.41, 5.74) is 4.06. The Labute approximate surface area is 252 Å². The number of amides is 2. The van der Waals surface area contributed by atoms with Gasteiger partial charge in [0.05, 0.1) is 39.6 Å². The molecule has 1 heterocycles. The minimum absolute atomic E-state index is 0.0548. The summed E-state index contributed by atoms with van der Waals surface area (Å²) >= 11 is 0. The quantitative estimate of drug-likeness (QED) is 0.304. The molecule has 0 fully saturated rings. The summed E-state index contributed by atoms with van der Waals surface area (Å²) in [5, 5.41) is 9.30. The fourth-order valence-corrected chi connectivity index (χ4v) is 5.66. The number of fused-ring (bicyclic) bond motifs is 3. The van der Waals surface area contributed by atoms with E-state index in [1.165, 1.54) is 6.92 Å².